The van der Waals surface area contributed by atoms with Crippen LogP contribution in [0.2, 0.25) is 0 Å². The Morgan fingerprint density at radius 2 is 1.72 bits per heavy atom. The number of esters is 1. The minimum absolute atomic E-state index is 0.0228. The Labute approximate surface area is 170 Å². The summed E-state index contributed by atoms with van der Waals surface area (Å²) in [5, 5.41) is 5.14. The molecule has 1 aromatic carbocycles. The van der Waals surface area contributed by atoms with Crippen LogP contribution in [0.25, 0.3) is 5.69 Å². The van der Waals surface area contributed by atoms with E-state index in [9.17, 15) is 18.0 Å². The van der Waals surface area contributed by atoms with Crippen LogP contribution in [0, 0.1) is 19.8 Å². The van der Waals surface area contributed by atoms with E-state index < -0.39 is 10.0 Å². The predicted molar refractivity (Wildman–Crippen MR) is 108 cm³/mol. The first-order valence-electron chi connectivity index (χ1n) is 9.70. The zero-order valence-corrected chi connectivity index (χ0v) is 17.5. The number of benzene rings is 1. The smallest absolute Gasteiger partial charge is 0.309 e. The molecule has 0 unspecified atom stereocenters. The highest BCUT2D eigenvalue weighted by Crippen LogP contribution is 2.25. The molecule has 1 heterocycles. The van der Waals surface area contributed by atoms with Crippen molar-refractivity contribution in [2.45, 2.75) is 50.8 Å². The monoisotopic (exact) mass is 418 g/mol. The first-order chi connectivity index (χ1) is 13.7. The van der Waals surface area contributed by atoms with Crippen LogP contribution in [0.3, 0.4) is 0 Å². The van der Waals surface area contributed by atoms with Gasteiger partial charge in [-0.3, -0.25) is 9.59 Å². The van der Waals surface area contributed by atoms with Crippen LogP contribution >= 0.6 is 0 Å². The minimum Gasteiger partial charge on any atom is -0.457 e. The van der Waals surface area contributed by atoms with Gasteiger partial charge >= 0.3 is 5.97 Å². The van der Waals surface area contributed by atoms with Crippen LogP contribution in [-0.2, 0) is 19.6 Å². The third-order valence-corrected chi connectivity index (χ3v) is 6.37. The Kier molecular flexibility index (Phi) is 6.24. The fraction of sp³-hybridized carbons (Fsp3) is 0.429. The van der Waals surface area contributed by atoms with E-state index in [0.29, 0.717) is 16.9 Å². The van der Waals surface area contributed by atoms with Gasteiger partial charge in [-0.1, -0.05) is 19.3 Å². The number of carbonyl (C=O) groups is 2. The highest BCUT2D eigenvalue weighted by atomic mass is 32.2. The Morgan fingerprint density at radius 1 is 1.10 bits per heavy atom. The summed E-state index contributed by atoms with van der Waals surface area (Å²) in [6.45, 7) is 3.38. The summed E-state index contributed by atoms with van der Waals surface area (Å²) in [7, 11) is -3.77. The van der Waals surface area contributed by atoms with Crippen LogP contribution in [0.4, 0.5) is 0 Å². The van der Waals surface area contributed by atoms with Crippen LogP contribution in [0.15, 0.2) is 35.2 Å². The molecule has 156 valence electrons. The first-order valence-corrected chi connectivity index (χ1v) is 11.2. The molecular formula is C21H26N2O5S. The summed E-state index contributed by atoms with van der Waals surface area (Å²) in [6.07, 6.45) is 4.86. The van der Waals surface area contributed by atoms with Crippen molar-refractivity contribution in [1.82, 2.24) is 4.57 Å². The van der Waals surface area contributed by atoms with Gasteiger partial charge in [-0.2, -0.15) is 0 Å². The molecule has 1 aliphatic rings. The molecule has 29 heavy (non-hydrogen) atoms. The largest absolute Gasteiger partial charge is 0.457 e. The molecule has 0 saturated heterocycles. The average Bonchev–Trinajstić information content (AvgIpc) is 3.00. The van der Waals surface area contributed by atoms with Gasteiger partial charge in [0.05, 0.1) is 10.8 Å². The Balaban J connectivity index is 1.74. The number of aryl methyl sites for hydroxylation is 1. The van der Waals surface area contributed by atoms with Gasteiger partial charge in [0.2, 0.25) is 15.8 Å². The molecule has 0 amide bonds. The maximum atomic E-state index is 12.6. The molecule has 1 aliphatic carbocycles. The van der Waals surface area contributed by atoms with E-state index in [1.165, 1.54) is 12.1 Å². The number of Topliss-reactive ketones (excluding diaryl/α,β-unsaturated/α-hetero) is 1. The number of nitrogens with two attached hydrogens (primary N) is 1. The molecular weight excluding hydrogens is 392 g/mol. The van der Waals surface area contributed by atoms with E-state index in [1.807, 2.05) is 11.5 Å². The molecule has 2 aromatic rings. The fourth-order valence-electron chi connectivity index (χ4n) is 3.90. The molecule has 1 saturated carbocycles. The van der Waals surface area contributed by atoms with Crippen molar-refractivity contribution in [3.63, 3.8) is 0 Å². The lowest BCUT2D eigenvalue weighted by Gasteiger charge is -2.19. The molecule has 7 nitrogen and oxygen atoms in total. The van der Waals surface area contributed by atoms with Crippen molar-refractivity contribution >= 4 is 21.8 Å². The maximum Gasteiger partial charge on any atom is 0.309 e. The van der Waals surface area contributed by atoms with Crippen molar-refractivity contribution in [2.75, 3.05) is 6.61 Å². The van der Waals surface area contributed by atoms with Gasteiger partial charge < -0.3 is 9.30 Å². The normalized spacial score (nSPS) is 15.3. The number of sulfonamides is 1. The first kappa shape index (κ1) is 21.3. The standard InChI is InChI=1S/C21H26N2O5S/c1-14-12-19(20(24)13-28-21(25)16-6-4-3-5-7-16)15(2)23(14)17-8-10-18(11-9-17)29(22,26)27/h8-12,16H,3-7,13H2,1-2H3,(H2,22,26,27). The van der Waals surface area contributed by atoms with Crippen LogP contribution in [0.5, 0.6) is 0 Å². The van der Waals surface area contributed by atoms with Crippen molar-refractivity contribution < 1.29 is 22.7 Å². The second kappa shape index (κ2) is 8.51. The predicted octanol–water partition coefficient (Wildman–Crippen LogP) is 3.05. The number of primary sulfonamides is 1. The SMILES string of the molecule is Cc1cc(C(=O)COC(=O)C2CCCCC2)c(C)n1-c1ccc(S(N)(=O)=O)cc1. The summed E-state index contributed by atoms with van der Waals surface area (Å²) >= 11 is 0. The number of ketones is 1. The molecule has 8 heteroatoms. The highest BCUT2D eigenvalue weighted by Gasteiger charge is 2.24. The number of carbonyl (C=O) groups excluding carboxylic acids is 2. The quantitative estimate of drug-likeness (QED) is 0.573. The van der Waals surface area contributed by atoms with E-state index in [-0.39, 0.29) is 29.2 Å². The van der Waals surface area contributed by atoms with Gasteiger partial charge in [-0.15, -0.1) is 0 Å². The molecule has 0 aliphatic heterocycles. The summed E-state index contributed by atoms with van der Waals surface area (Å²) in [5.74, 6) is -0.638. The second-order valence-electron chi connectivity index (χ2n) is 7.52. The summed E-state index contributed by atoms with van der Waals surface area (Å²) in [4.78, 5) is 24.9. The Morgan fingerprint density at radius 3 is 2.31 bits per heavy atom. The highest BCUT2D eigenvalue weighted by molar-refractivity contribution is 7.89. The van der Waals surface area contributed by atoms with Gasteiger partial charge in [-0.25, -0.2) is 13.6 Å². The Bertz CT molecular complexity index is 1020. The summed E-state index contributed by atoms with van der Waals surface area (Å²) in [6, 6.07) is 7.88. The molecule has 0 atom stereocenters. The van der Waals surface area contributed by atoms with E-state index in [2.05, 4.69) is 0 Å². The lowest BCUT2D eigenvalue weighted by Crippen LogP contribution is -2.23. The maximum absolute atomic E-state index is 12.6. The number of rotatable bonds is 6. The summed E-state index contributed by atoms with van der Waals surface area (Å²) in [5.41, 5.74) is 2.71. The molecule has 0 radical (unpaired) electrons. The average molecular weight is 419 g/mol. The third kappa shape index (κ3) is 4.76. The third-order valence-electron chi connectivity index (χ3n) is 5.44. The van der Waals surface area contributed by atoms with Gasteiger partial charge in [0.15, 0.2) is 6.61 Å². The van der Waals surface area contributed by atoms with Gasteiger partial charge in [0.25, 0.3) is 0 Å². The van der Waals surface area contributed by atoms with Crippen LogP contribution in [0.1, 0.15) is 53.8 Å². The lowest BCUT2D eigenvalue weighted by atomic mass is 9.89. The molecule has 0 spiro atoms. The lowest BCUT2D eigenvalue weighted by molar-refractivity contribution is -0.148. The molecule has 2 N–H and O–H groups in total. The molecule has 3 rings (SSSR count). The number of ether oxygens (including phenoxy) is 1. The van der Waals surface area contributed by atoms with Crippen molar-refractivity contribution in [1.29, 1.82) is 0 Å². The van der Waals surface area contributed by atoms with E-state index in [4.69, 9.17) is 9.88 Å². The van der Waals surface area contributed by atoms with Crippen molar-refractivity contribution in [2.24, 2.45) is 11.1 Å². The molecule has 1 aromatic heterocycles. The number of hydrogen-bond acceptors (Lipinski definition) is 5. The molecule has 1 fully saturated rings. The zero-order chi connectivity index (χ0) is 21.2. The van der Waals surface area contributed by atoms with Gasteiger partial charge in [-0.05, 0) is 57.0 Å². The number of nitrogens with zero attached hydrogens (tertiary/aromatic N) is 1. The van der Waals surface area contributed by atoms with Crippen LogP contribution < -0.4 is 5.14 Å². The molecule has 0 bridgehead atoms. The van der Waals surface area contributed by atoms with Crippen molar-refractivity contribution in [3.05, 3.63) is 47.3 Å². The fourth-order valence-corrected chi connectivity index (χ4v) is 4.41. The van der Waals surface area contributed by atoms with Gasteiger partial charge in [0, 0.05) is 22.6 Å². The van der Waals surface area contributed by atoms with E-state index in [0.717, 1.165) is 37.8 Å². The number of aromatic nitrogens is 1. The van der Waals surface area contributed by atoms with E-state index >= 15 is 0 Å². The van der Waals surface area contributed by atoms with E-state index in [1.54, 1.807) is 25.1 Å². The number of hydrogen-bond donors (Lipinski definition) is 1. The van der Waals surface area contributed by atoms with Crippen LogP contribution in [-0.4, -0.2) is 31.3 Å². The topological polar surface area (TPSA) is 108 Å². The zero-order valence-electron chi connectivity index (χ0n) is 16.7. The van der Waals surface area contributed by atoms with Crippen molar-refractivity contribution in [3.8, 4) is 5.69 Å². The van der Waals surface area contributed by atoms with Gasteiger partial charge in [0.1, 0.15) is 0 Å². The summed E-state index contributed by atoms with van der Waals surface area (Å²) < 4.78 is 30.0. The minimum atomic E-state index is -3.77. The second-order valence-corrected chi connectivity index (χ2v) is 9.09. The Hall–Kier alpha value is -2.45.